The first-order chi connectivity index (χ1) is 13.2. The number of aryl methyl sites for hydroxylation is 1. The monoisotopic (exact) mass is 396 g/mol. The molecule has 1 aromatic carbocycles. The van der Waals surface area contributed by atoms with E-state index in [9.17, 15) is 30.3 Å². The number of aliphatic hydroxyl groups is 5. The van der Waals surface area contributed by atoms with Crippen molar-refractivity contribution >= 4 is 5.78 Å². The van der Waals surface area contributed by atoms with Crippen molar-refractivity contribution in [3.05, 3.63) is 33.9 Å². The van der Waals surface area contributed by atoms with Crippen molar-refractivity contribution in [3.63, 3.8) is 0 Å². The molecule has 8 heteroatoms. The van der Waals surface area contributed by atoms with Crippen molar-refractivity contribution in [2.24, 2.45) is 5.41 Å². The summed E-state index contributed by atoms with van der Waals surface area (Å²) in [6.45, 7) is 4.52. The zero-order chi connectivity index (χ0) is 20.8. The molecule has 0 bridgehead atoms. The van der Waals surface area contributed by atoms with Crippen LogP contribution < -0.4 is 0 Å². The van der Waals surface area contributed by atoms with Crippen LogP contribution in [0.25, 0.3) is 0 Å². The van der Waals surface area contributed by atoms with Crippen LogP contribution >= 0.6 is 0 Å². The van der Waals surface area contributed by atoms with Crippen LogP contribution in [-0.2, 0) is 15.9 Å². The van der Waals surface area contributed by atoms with Crippen molar-refractivity contribution in [2.45, 2.75) is 57.9 Å². The van der Waals surface area contributed by atoms with Crippen LogP contribution in [0.1, 0.15) is 45.6 Å². The van der Waals surface area contributed by atoms with E-state index in [0.717, 1.165) is 16.7 Å². The summed E-state index contributed by atoms with van der Waals surface area (Å²) < 4.78 is 11.3. The van der Waals surface area contributed by atoms with Crippen molar-refractivity contribution in [3.8, 4) is 0 Å². The number of hydrogen-bond donors (Lipinski definition) is 5. The van der Waals surface area contributed by atoms with E-state index in [4.69, 9.17) is 9.47 Å². The van der Waals surface area contributed by atoms with Crippen molar-refractivity contribution < 1.29 is 39.8 Å². The maximum atomic E-state index is 13.2. The van der Waals surface area contributed by atoms with Gasteiger partial charge in [0, 0.05) is 12.2 Å². The lowest BCUT2D eigenvalue weighted by Gasteiger charge is -2.38. The molecule has 1 saturated heterocycles. The van der Waals surface area contributed by atoms with E-state index in [-0.39, 0.29) is 19.0 Å². The number of Topliss-reactive ketones (excluding diaryl/α,β-unsaturated/α-hetero) is 1. The number of hydrogen-bond acceptors (Lipinski definition) is 8. The topological polar surface area (TPSA) is 137 Å². The molecular weight excluding hydrogens is 368 g/mol. The Morgan fingerprint density at radius 3 is 2.50 bits per heavy atom. The molecule has 6 atom stereocenters. The Bertz CT molecular complexity index is 763. The standard InChI is InChI=1S/C20H28O8/c1-9-6-12-14(10(2)11(9)4-5-21)17(26)20(3,8-22)18(12)28-19-16(25)15(24)13(23)7-27-19/h6,13,15-16,18-19,21-25H,4-5,7-8H2,1-3H3. The summed E-state index contributed by atoms with van der Waals surface area (Å²) in [5, 5.41) is 49.1. The Morgan fingerprint density at radius 1 is 1.21 bits per heavy atom. The molecule has 0 spiro atoms. The second-order valence-electron chi connectivity index (χ2n) is 7.91. The minimum Gasteiger partial charge on any atom is -0.396 e. The van der Waals surface area contributed by atoms with E-state index in [1.807, 2.05) is 6.92 Å². The maximum Gasteiger partial charge on any atom is 0.186 e. The number of ether oxygens (including phenoxy) is 2. The lowest BCUT2D eigenvalue weighted by Crippen LogP contribution is -2.54. The van der Waals surface area contributed by atoms with Gasteiger partial charge in [0.15, 0.2) is 12.1 Å². The lowest BCUT2D eigenvalue weighted by atomic mass is 9.84. The highest BCUT2D eigenvalue weighted by Crippen LogP contribution is 2.50. The Balaban J connectivity index is 2.03. The summed E-state index contributed by atoms with van der Waals surface area (Å²) in [4.78, 5) is 13.2. The Labute approximate surface area is 163 Å². The third-order valence-corrected chi connectivity index (χ3v) is 5.99. The maximum absolute atomic E-state index is 13.2. The highest BCUT2D eigenvalue weighted by atomic mass is 16.7. The SMILES string of the molecule is Cc1cc2c(c(C)c1CCO)C(=O)C(C)(CO)C2OC1OCC(O)C(O)C1O. The molecule has 6 unspecified atom stereocenters. The van der Waals surface area contributed by atoms with Crippen LogP contribution in [0.4, 0.5) is 0 Å². The largest absolute Gasteiger partial charge is 0.396 e. The van der Waals surface area contributed by atoms with Gasteiger partial charge in [-0.2, -0.15) is 0 Å². The average molecular weight is 396 g/mol. The molecule has 8 nitrogen and oxygen atoms in total. The third kappa shape index (κ3) is 3.19. The van der Waals surface area contributed by atoms with Gasteiger partial charge in [-0.25, -0.2) is 0 Å². The van der Waals surface area contributed by atoms with E-state index >= 15 is 0 Å². The molecule has 1 aliphatic heterocycles. The van der Waals surface area contributed by atoms with Crippen LogP contribution in [0.3, 0.4) is 0 Å². The zero-order valence-electron chi connectivity index (χ0n) is 16.3. The second-order valence-corrected chi connectivity index (χ2v) is 7.91. The van der Waals surface area contributed by atoms with Gasteiger partial charge in [0.05, 0.1) is 18.6 Å². The number of carbonyl (C=O) groups excluding carboxylic acids is 1. The van der Waals surface area contributed by atoms with E-state index in [1.165, 1.54) is 0 Å². The minimum atomic E-state index is -1.50. The van der Waals surface area contributed by atoms with E-state index in [1.54, 1.807) is 19.9 Å². The fourth-order valence-electron chi connectivity index (χ4n) is 4.22. The quantitative estimate of drug-likeness (QED) is 0.451. The number of ketones is 1. The molecular formula is C20H28O8. The van der Waals surface area contributed by atoms with Gasteiger partial charge in [-0.05, 0) is 49.4 Å². The normalized spacial score (nSPS) is 35.3. The first-order valence-corrected chi connectivity index (χ1v) is 9.38. The summed E-state index contributed by atoms with van der Waals surface area (Å²) in [5.41, 5.74) is 2.23. The average Bonchev–Trinajstić information content (AvgIpc) is 2.87. The van der Waals surface area contributed by atoms with Crippen LogP contribution in [0, 0.1) is 19.3 Å². The van der Waals surface area contributed by atoms with Crippen LogP contribution in [0.15, 0.2) is 6.07 Å². The minimum absolute atomic E-state index is 0.0474. The van der Waals surface area contributed by atoms with E-state index < -0.39 is 42.7 Å². The number of aliphatic hydroxyl groups excluding tert-OH is 5. The number of carbonyl (C=O) groups is 1. The summed E-state index contributed by atoms with van der Waals surface area (Å²) in [5.74, 6) is -0.280. The number of benzene rings is 1. The molecule has 1 aromatic rings. The van der Waals surface area contributed by atoms with Crippen molar-refractivity contribution in [1.82, 2.24) is 0 Å². The molecule has 3 rings (SSSR count). The lowest BCUT2D eigenvalue weighted by molar-refractivity contribution is -0.291. The highest BCUT2D eigenvalue weighted by Gasteiger charge is 2.53. The van der Waals surface area contributed by atoms with Crippen molar-refractivity contribution in [2.75, 3.05) is 19.8 Å². The van der Waals surface area contributed by atoms with Crippen molar-refractivity contribution in [1.29, 1.82) is 0 Å². The molecule has 0 saturated carbocycles. The molecule has 28 heavy (non-hydrogen) atoms. The first-order valence-electron chi connectivity index (χ1n) is 9.38. The van der Waals surface area contributed by atoms with Gasteiger partial charge in [-0.15, -0.1) is 0 Å². The fraction of sp³-hybridized carbons (Fsp3) is 0.650. The zero-order valence-corrected chi connectivity index (χ0v) is 16.3. The van der Waals surface area contributed by atoms with Crippen LogP contribution in [0.5, 0.6) is 0 Å². The Hall–Kier alpha value is -1.39. The summed E-state index contributed by atoms with van der Waals surface area (Å²) in [7, 11) is 0. The number of rotatable bonds is 5. The van der Waals surface area contributed by atoms with Gasteiger partial charge in [-0.3, -0.25) is 4.79 Å². The van der Waals surface area contributed by atoms with Gasteiger partial charge in [0.2, 0.25) is 0 Å². The second kappa shape index (κ2) is 7.79. The molecule has 0 aromatic heterocycles. The number of fused-ring (bicyclic) bond motifs is 1. The smallest absolute Gasteiger partial charge is 0.186 e. The van der Waals surface area contributed by atoms with E-state index in [0.29, 0.717) is 17.5 Å². The molecule has 0 amide bonds. The predicted octanol–water partition coefficient (Wildman–Crippen LogP) is -0.470. The molecule has 1 aliphatic carbocycles. The van der Waals surface area contributed by atoms with Crippen LogP contribution in [-0.4, -0.2) is 75.7 Å². The summed E-state index contributed by atoms with van der Waals surface area (Å²) in [6.07, 6.45) is -5.92. The van der Waals surface area contributed by atoms with Gasteiger partial charge in [-0.1, -0.05) is 6.07 Å². The van der Waals surface area contributed by atoms with Gasteiger partial charge < -0.3 is 35.0 Å². The fourth-order valence-corrected chi connectivity index (χ4v) is 4.22. The summed E-state index contributed by atoms with van der Waals surface area (Å²) >= 11 is 0. The highest BCUT2D eigenvalue weighted by molar-refractivity contribution is 6.07. The third-order valence-electron chi connectivity index (χ3n) is 5.99. The molecule has 5 N–H and O–H groups in total. The Morgan fingerprint density at radius 2 is 1.89 bits per heavy atom. The molecule has 0 radical (unpaired) electrons. The van der Waals surface area contributed by atoms with Crippen LogP contribution in [0.2, 0.25) is 0 Å². The van der Waals surface area contributed by atoms with Gasteiger partial charge in [0.25, 0.3) is 0 Å². The predicted molar refractivity (Wildman–Crippen MR) is 97.8 cm³/mol. The van der Waals surface area contributed by atoms with E-state index in [2.05, 4.69) is 0 Å². The first kappa shape index (κ1) is 21.3. The van der Waals surface area contributed by atoms with Gasteiger partial charge in [0.1, 0.15) is 24.4 Å². The molecule has 2 aliphatic rings. The molecule has 1 fully saturated rings. The molecule has 156 valence electrons. The Kier molecular flexibility index (Phi) is 5.94. The summed E-state index contributed by atoms with van der Waals surface area (Å²) in [6, 6.07) is 1.80. The molecule has 1 heterocycles. The van der Waals surface area contributed by atoms with Gasteiger partial charge >= 0.3 is 0 Å².